The lowest BCUT2D eigenvalue weighted by atomic mass is 10.0. The van der Waals surface area contributed by atoms with Crippen molar-refractivity contribution in [2.24, 2.45) is 10.9 Å². The lowest BCUT2D eigenvalue weighted by molar-refractivity contribution is -0.120. The molecule has 28 heavy (non-hydrogen) atoms. The predicted molar refractivity (Wildman–Crippen MR) is 114 cm³/mol. The molecule has 148 valence electrons. The van der Waals surface area contributed by atoms with E-state index in [4.69, 9.17) is 0 Å². The van der Waals surface area contributed by atoms with Crippen LogP contribution in [0.4, 0.5) is 0 Å². The van der Waals surface area contributed by atoms with Crippen LogP contribution in [-0.4, -0.2) is 46.6 Å². The molecule has 3 rings (SSSR count). The minimum atomic E-state index is -0.451. The molecule has 2 atom stereocenters. The number of para-hydroxylation sites is 1. The number of carbonyl (C=O) groups excluding carboxylic acids is 2. The van der Waals surface area contributed by atoms with Crippen molar-refractivity contribution in [3.63, 3.8) is 0 Å². The van der Waals surface area contributed by atoms with Gasteiger partial charge in [-0.1, -0.05) is 18.2 Å². The monoisotopic (exact) mass is 399 g/mol. The molecule has 0 radical (unpaired) electrons. The van der Waals surface area contributed by atoms with Gasteiger partial charge in [-0.25, -0.2) is 4.99 Å². The zero-order valence-electron chi connectivity index (χ0n) is 16.5. The summed E-state index contributed by atoms with van der Waals surface area (Å²) in [6.07, 6.45) is 3.81. The van der Waals surface area contributed by atoms with E-state index in [1.54, 1.807) is 6.92 Å². The van der Waals surface area contributed by atoms with Gasteiger partial charge >= 0.3 is 0 Å². The maximum atomic E-state index is 13.1. The number of nitrogens with one attached hydrogen (secondary N) is 1. The molecular formula is C21H25N3O3S. The molecule has 1 aliphatic heterocycles. The molecule has 1 unspecified atom stereocenters. The summed E-state index contributed by atoms with van der Waals surface area (Å²) in [5.41, 5.74) is 2.97. The van der Waals surface area contributed by atoms with Gasteiger partial charge in [-0.05, 0) is 39.2 Å². The number of aromatic nitrogens is 1. The number of fused-ring (bicyclic) bond motifs is 1. The maximum absolute atomic E-state index is 13.1. The van der Waals surface area contributed by atoms with Crippen molar-refractivity contribution in [1.82, 2.24) is 9.88 Å². The zero-order valence-corrected chi connectivity index (χ0v) is 17.3. The van der Waals surface area contributed by atoms with Crippen LogP contribution in [0, 0.1) is 12.8 Å². The summed E-state index contributed by atoms with van der Waals surface area (Å²) in [6, 6.07) is 7.52. The Labute approximate surface area is 168 Å². The fraction of sp³-hybridized carbons (Fsp3) is 0.381. The summed E-state index contributed by atoms with van der Waals surface area (Å²) in [6.45, 7) is 5.78. The number of amides is 2. The number of carbonyl (C=O) groups is 2. The van der Waals surface area contributed by atoms with Gasteiger partial charge in [-0.15, -0.1) is 11.8 Å². The zero-order chi connectivity index (χ0) is 20.4. The van der Waals surface area contributed by atoms with Crippen molar-refractivity contribution in [3.8, 4) is 0 Å². The first-order chi connectivity index (χ1) is 13.4. The molecule has 2 heterocycles. The Kier molecular flexibility index (Phi) is 6.05. The molecule has 0 saturated heterocycles. The molecule has 0 aliphatic carbocycles. The summed E-state index contributed by atoms with van der Waals surface area (Å²) in [7, 11) is 0. The summed E-state index contributed by atoms with van der Waals surface area (Å²) in [5, 5.41) is 13.4. The van der Waals surface area contributed by atoms with E-state index in [0.29, 0.717) is 11.3 Å². The molecule has 2 N–H and O–H groups in total. The van der Waals surface area contributed by atoms with Crippen molar-refractivity contribution in [3.05, 3.63) is 46.5 Å². The molecule has 0 bridgehead atoms. The number of thioether (sulfide) groups is 1. The number of hydrogen-bond donors (Lipinski definition) is 2. The summed E-state index contributed by atoms with van der Waals surface area (Å²) >= 11 is 1.50. The molecule has 6 nitrogen and oxygen atoms in total. The van der Waals surface area contributed by atoms with Crippen LogP contribution in [0.15, 0.2) is 40.2 Å². The van der Waals surface area contributed by atoms with Crippen molar-refractivity contribution in [2.75, 3.05) is 19.4 Å². The van der Waals surface area contributed by atoms with E-state index >= 15 is 0 Å². The van der Waals surface area contributed by atoms with Gasteiger partial charge < -0.3 is 15.0 Å². The first kappa shape index (κ1) is 20.4. The van der Waals surface area contributed by atoms with Gasteiger partial charge in [0.1, 0.15) is 0 Å². The fourth-order valence-corrected chi connectivity index (χ4v) is 4.47. The predicted octanol–water partition coefficient (Wildman–Crippen LogP) is 3.10. The largest absolute Gasteiger partial charge is 0.394 e. The minimum Gasteiger partial charge on any atom is -0.394 e. The van der Waals surface area contributed by atoms with E-state index in [1.807, 2.05) is 55.0 Å². The third-order valence-electron chi connectivity index (χ3n) is 5.07. The number of aliphatic hydroxyl groups is 1. The van der Waals surface area contributed by atoms with Gasteiger partial charge in [0.25, 0.3) is 11.8 Å². The highest BCUT2D eigenvalue weighted by molar-refractivity contribution is 8.02. The SMILES string of the molecule is CSC1=CC(C)=NC(=O)C1CNC(=O)c1c(C)n([C@H](C)CO)c2ccccc12. The second kappa shape index (κ2) is 8.32. The number of nitrogens with zero attached hydrogens (tertiary/aromatic N) is 2. The van der Waals surface area contributed by atoms with Gasteiger partial charge in [0.05, 0.1) is 24.1 Å². The van der Waals surface area contributed by atoms with E-state index < -0.39 is 5.92 Å². The Morgan fingerprint density at radius 2 is 2.07 bits per heavy atom. The van der Waals surface area contributed by atoms with Crippen molar-refractivity contribution in [2.45, 2.75) is 26.8 Å². The van der Waals surface area contributed by atoms with Crippen LogP contribution >= 0.6 is 11.8 Å². The number of rotatable bonds is 6. The topological polar surface area (TPSA) is 83.7 Å². The standard InChI is InChI=1S/C21H25N3O3S/c1-12-9-18(28-4)16(20(26)23-12)10-22-21(27)19-14(3)24(13(2)11-25)17-8-6-5-7-15(17)19/h5-9,13,16,25H,10-11H2,1-4H3,(H,22,27)/t13-,16?/m1/s1. The quantitative estimate of drug-likeness (QED) is 0.782. The molecule has 1 aromatic carbocycles. The first-order valence-corrected chi connectivity index (χ1v) is 10.4. The van der Waals surface area contributed by atoms with Crippen LogP contribution in [0.5, 0.6) is 0 Å². The Morgan fingerprint density at radius 3 is 2.75 bits per heavy atom. The Morgan fingerprint density at radius 1 is 1.36 bits per heavy atom. The lowest BCUT2D eigenvalue weighted by Gasteiger charge is -2.20. The third kappa shape index (κ3) is 3.64. The van der Waals surface area contributed by atoms with Crippen LogP contribution in [0.2, 0.25) is 0 Å². The van der Waals surface area contributed by atoms with E-state index in [9.17, 15) is 14.7 Å². The molecule has 0 fully saturated rings. The third-order valence-corrected chi connectivity index (χ3v) is 5.94. The Bertz CT molecular complexity index is 990. The highest BCUT2D eigenvalue weighted by Gasteiger charge is 2.28. The first-order valence-electron chi connectivity index (χ1n) is 9.22. The van der Waals surface area contributed by atoms with Gasteiger partial charge in [-0.3, -0.25) is 9.59 Å². The van der Waals surface area contributed by atoms with Crippen LogP contribution < -0.4 is 5.32 Å². The van der Waals surface area contributed by atoms with Crippen molar-refractivity contribution >= 4 is 40.2 Å². The normalized spacial score (nSPS) is 18.0. The molecule has 7 heteroatoms. The minimum absolute atomic E-state index is 0.0175. The van der Waals surface area contributed by atoms with E-state index in [2.05, 4.69) is 10.3 Å². The highest BCUT2D eigenvalue weighted by Crippen LogP contribution is 2.30. The van der Waals surface area contributed by atoms with Gasteiger partial charge in [0.15, 0.2) is 0 Å². The highest BCUT2D eigenvalue weighted by atomic mass is 32.2. The molecule has 2 aromatic rings. The van der Waals surface area contributed by atoms with Gasteiger partial charge in [0, 0.05) is 33.8 Å². The molecule has 0 saturated carbocycles. The van der Waals surface area contributed by atoms with Crippen molar-refractivity contribution in [1.29, 1.82) is 0 Å². The summed E-state index contributed by atoms with van der Waals surface area (Å²) in [4.78, 5) is 30.3. The van der Waals surface area contributed by atoms with Crippen LogP contribution in [0.1, 0.15) is 35.9 Å². The Balaban J connectivity index is 1.90. The maximum Gasteiger partial charge on any atom is 0.255 e. The van der Waals surface area contributed by atoms with Crippen molar-refractivity contribution < 1.29 is 14.7 Å². The number of allylic oxidation sites excluding steroid dienone is 1. The smallest absolute Gasteiger partial charge is 0.255 e. The van der Waals surface area contributed by atoms with E-state index in [-0.39, 0.29) is 31.0 Å². The molecule has 2 amide bonds. The molecule has 1 aromatic heterocycles. The van der Waals surface area contributed by atoms with E-state index in [0.717, 1.165) is 21.5 Å². The van der Waals surface area contributed by atoms with Crippen LogP contribution in [-0.2, 0) is 4.79 Å². The van der Waals surface area contributed by atoms with E-state index in [1.165, 1.54) is 11.8 Å². The Hall–Kier alpha value is -2.38. The lowest BCUT2D eigenvalue weighted by Crippen LogP contribution is -2.35. The molecular weight excluding hydrogens is 374 g/mol. The number of benzene rings is 1. The molecule has 1 aliphatic rings. The fourth-order valence-electron chi connectivity index (χ4n) is 3.71. The number of dihydropyridines is 1. The van der Waals surface area contributed by atoms with Crippen LogP contribution in [0.3, 0.4) is 0 Å². The van der Waals surface area contributed by atoms with Crippen LogP contribution in [0.25, 0.3) is 10.9 Å². The van der Waals surface area contributed by atoms with Gasteiger partial charge in [-0.2, -0.15) is 0 Å². The number of aliphatic hydroxyl groups excluding tert-OH is 1. The second-order valence-electron chi connectivity index (χ2n) is 6.98. The molecule has 0 spiro atoms. The average molecular weight is 400 g/mol. The number of aliphatic imine (C=N–C) groups is 1. The summed E-state index contributed by atoms with van der Waals surface area (Å²) in [5.74, 6) is -0.900. The average Bonchev–Trinajstić information content (AvgIpc) is 2.97. The second-order valence-corrected chi connectivity index (χ2v) is 7.86. The van der Waals surface area contributed by atoms with Gasteiger partial charge in [0.2, 0.25) is 0 Å². The summed E-state index contributed by atoms with van der Waals surface area (Å²) < 4.78 is 1.98. The number of hydrogen-bond acceptors (Lipinski definition) is 4.